The van der Waals surface area contributed by atoms with Gasteiger partial charge in [0, 0.05) is 13.6 Å². The molecule has 0 fully saturated rings. The maximum atomic E-state index is 11.7. The van der Waals surface area contributed by atoms with Gasteiger partial charge < -0.3 is 5.73 Å². The van der Waals surface area contributed by atoms with Crippen molar-refractivity contribution < 1.29 is 8.42 Å². The quantitative estimate of drug-likeness (QED) is 0.652. The zero-order valence-electron chi connectivity index (χ0n) is 8.87. The summed E-state index contributed by atoms with van der Waals surface area (Å²) in [4.78, 5) is 3.71. The highest BCUT2D eigenvalue weighted by atomic mass is 32.2. The summed E-state index contributed by atoms with van der Waals surface area (Å²) in [5.74, 6) is -0.0536. The first-order valence-electron chi connectivity index (χ1n) is 4.64. The fourth-order valence-electron chi connectivity index (χ4n) is 0.922. The Hall–Kier alpha value is -1.32. The highest BCUT2D eigenvalue weighted by Crippen LogP contribution is 2.02. The minimum Gasteiger partial charge on any atom is -0.330 e. The van der Waals surface area contributed by atoms with Crippen LogP contribution in [0.2, 0.25) is 0 Å². The molecule has 0 spiro atoms. The number of rotatable bonds is 6. The van der Waals surface area contributed by atoms with Crippen LogP contribution in [0.1, 0.15) is 6.42 Å². The summed E-state index contributed by atoms with van der Waals surface area (Å²) < 4.78 is 26.7. The first-order valence-corrected chi connectivity index (χ1v) is 6.08. The second-order valence-corrected chi connectivity index (χ2v) is 4.81. The van der Waals surface area contributed by atoms with E-state index in [0.717, 1.165) is 4.31 Å². The molecule has 8 nitrogen and oxygen atoms in total. The van der Waals surface area contributed by atoms with Gasteiger partial charge >= 0.3 is 10.2 Å². The highest BCUT2D eigenvalue weighted by molar-refractivity contribution is 7.90. The van der Waals surface area contributed by atoms with Crippen molar-refractivity contribution in [1.29, 1.82) is 0 Å². The van der Waals surface area contributed by atoms with Crippen molar-refractivity contribution in [3.8, 4) is 0 Å². The molecule has 1 rings (SSSR count). The Morgan fingerprint density at radius 2 is 2.25 bits per heavy atom. The number of aromatic nitrogens is 3. The molecule has 0 aromatic carbocycles. The van der Waals surface area contributed by atoms with Gasteiger partial charge in [0.25, 0.3) is 5.95 Å². The maximum absolute atomic E-state index is 11.7. The van der Waals surface area contributed by atoms with E-state index in [4.69, 9.17) is 5.73 Å². The predicted molar refractivity (Wildman–Crippen MR) is 58.7 cm³/mol. The minimum atomic E-state index is -3.62. The second-order valence-electron chi connectivity index (χ2n) is 3.04. The molecule has 0 radical (unpaired) electrons. The molecule has 0 aliphatic rings. The fourth-order valence-corrected chi connectivity index (χ4v) is 1.77. The van der Waals surface area contributed by atoms with E-state index < -0.39 is 10.2 Å². The van der Waals surface area contributed by atoms with E-state index in [1.54, 1.807) is 0 Å². The molecule has 0 bridgehead atoms. The molecule has 0 aliphatic heterocycles. The molecule has 3 N–H and O–H groups in total. The Bertz CT molecular complexity index is 408. The summed E-state index contributed by atoms with van der Waals surface area (Å²) in [5.41, 5.74) is 5.30. The number of nitrogens with two attached hydrogens (primary N) is 1. The van der Waals surface area contributed by atoms with E-state index in [2.05, 4.69) is 19.9 Å². The van der Waals surface area contributed by atoms with Gasteiger partial charge in [-0.3, -0.25) is 0 Å². The van der Waals surface area contributed by atoms with E-state index in [1.807, 2.05) is 0 Å². The molecule has 90 valence electrons. The van der Waals surface area contributed by atoms with Crippen molar-refractivity contribution in [1.82, 2.24) is 19.5 Å². The van der Waals surface area contributed by atoms with Crippen molar-refractivity contribution in [2.75, 3.05) is 24.9 Å². The minimum absolute atomic E-state index is 0.0536. The number of hydrogen-bond donors (Lipinski definition) is 2. The summed E-state index contributed by atoms with van der Waals surface area (Å²) >= 11 is 0. The monoisotopic (exact) mass is 246 g/mol. The Labute approximate surface area is 94.1 Å². The molecule has 16 heavy (non-hydrogen) atoms. The molecule has 0 saturated carbocycles. The average molecular weight is 246 g/mol. The van der Waals surface area contributed by atoms with Crippen molar-refractivity contribution in [2.45, 2.75) is 6.42 Å². The van der Waals surface area contributed by atoms with Gasteiger partial charge in [0.15, 0.2) is 0 Å². The van der Waals surface area contributed by atoms with Crippen LogP contribution < -0.4 is 10.5 Å². The van der Waals surface area contributed by atoms with Crippen LogP contribution in [0.5, 0.6) is 0 Å². The third-order valence-electron chi connectivity index (χ3n) is 1.79. The van der Waals surface area contributed by atoms with Gasteiger partial charge in [-0.1, -0.05) is 0 Å². The molecule has 9 heteroatoms. The topological polar surface area (TPSA) is 114 Å². The first-order chi connectivity index (χ1) is 7.56. The Morgan fingerprint density at radius 3 is 2.81 bits per heavy atom. The molecule has 0 atom stereocenters. The average Bonchev–Trinajstić information content (AvgIpc) is 2.26. The largest absolute Gasteiger partial charge is 0.330 e. The molecule has 1 aromatic heterocycles. The maximum Gasteiger partial charge on any atom is 0.303 e. The van der Waals surface area contributed by atoms with Gasteiger partial charge in [-0.2, -0.15) is 17.8 Å². The predicted octanol–water partition coefficient (Wildman–Crippen LogP) is -1.19. The van der Waals surface area contributed by atoms with Crippen LogP contribution in [-0.4, -0.2) is 48.0 Å². The molecule has 0 amide bonds. The lowest BCUT2D eigenvalue weighted by molar-refractivity contribution is 0.468. The van der Waals surface area contributed by atoms with Crippen LogP contribution in [0.25, 0.3) is 0 Å². The van der Waals surface area contributed by atoms with Crippen LogP contribution in [0.3, 0.4) is 0 Å². The summed E-state index contributed by atoms with van der Waals surface area (Å²) in [6.45, 7) is 0.773. The Balaban J connectivity index is 2.65. The van der Waals surface area contributed by atoms with E-state index in [0.29, 0.717) is 19.5 Å². The van der Waals surface area contributed by atoms with Crippen LogP contribution in [0.15, 0.2) is 12.4 Å². The Morgan fingerprint density at radius 1 is 1.50 bits per heavy atom. The third-order valence-corrected chi connectivity index (χ3v) is 3.23. The number of nitrogens with one attached hydrogen (secondary N) is 1. The lowest BCUT2D eigenvalue weighted by atomic mass is 10.4. The SMILES string of the molecule is CN(CCCN)S(=O)(=O)Nc1nccnn1. The summed E-state index contributed by atoms with van der Waals surface area (Å²) in [7, 11) is -2.17. The zero-order valence-corrected chi connectivity index (χ0v) is 9.68. The van der Waals surface area contributed by atoms with E-state index in [9.17, 15) is 8.42 Å². The smallest absolute Gasteiger partial charge is 0.303 e. The molecule has 0 unspecified atom stereocenters. The Kier molecular flexibility index (Phi) is 4.52. The van der Waals surface area contributed by atoms with Crippen LogP contribution in [0, 0.1) is 0 Å². The van der Waals surface area contributed by atoms with Crippen molar-refractivity contribution in [2.24, 2.45) is 5.73 Å². The fraction of sp³-hybridized carbons (Fsp3) is 0.571. The summed E-state index contributed by atoms with van der Waals surface area (Å²) in [6.07, 6.45) is 3.30. The summed E-state index contributed by atoms with van der Waals surface area (Å²) in [5, 5.41) is 7.04. The van der Waals surface area contributed by atoms with E-state index in [-0.39, 0.29) is 5.95 Å². The first kappa shape index (κ1) is 12.7. The number of nitrogens with zero attached hydrogens (tertiary/aromatic N) is 4. The van der Waals surface area contributed by atoms with Crippen molar-refractivity contribution in [3.05, 3.63) is 12.4 Å². The summed E-state index contributed by atoms with van der Waals surface area (Å²) in [6, 6.07) is 0. The number of hydrogen-bond acceptors (Lipinski definition) is 6. The number of anilines is 1. The molecule has 1 heterocycles. The van der Waals surface area contributed by atoms with E-state index >= 15 is 0 Å². The normalized spacial score (nSPS) is 11.7. The van der Waals surface area contributed by atoms with Crippen molar-refractivity contribution >= 4 is 16.2 Å². The molecule has 0 saturated heterocycles. The lowest BCUT2D eigenvalue weighted by Gasteiger charge is -2.16. The van der Waals surface area contributed by atoms with Crippen LogP contribution in [-0.2, 0) is 10.2 Å². The third kappa shape index (κ3) is 3.68. The highest BCUT2D eigenvalue weighted by Gasteiger charge is 2.17. The lowest BCUT2D eigenvalue weighted by Crippen LogP contribution is -2.34. The standard InChI is InChI=1S/C7H14N6O2S/c1-13(6-2-3-8)16(14,15)12-7-9-4-5-10-11-7/h4-5H,2-3,6,8H2,1H3,(H,9,11,12). The van der Waals surface area contributed by atoms with Crippen LogP contribution >= 0.6 is 0 Å². The van der Waals surface area contributed by atoms with Gasteiger partial charge in [0.05, 0.1) is 12.4 Å². The molecular weight excluding hydrogens is 232 g/mol. The van der Waals surface area contributed by atoms with Crippen LogP contribution in [0.4, 0.5) is 5.95 Å². The molecule has 1 aromatic rings. The van der Waals surface area contributed by atoms with Gasteiger partial charge in [-0.05, 0) is 13.0 Å². The van der Waals surface area contributed by atoms with Gasteiger partial charge in [0.1, 0.15) is 0 Å². The zero-order chi connectivity index (χ0) is 12.0. The van der Waals surface area contributed by atoms with Gasteiger partial charge in [0.2, 0.25) is 0 Å². The second kappa shape index (κ2) is 5.68. The molecule has 0 aliphatic carbocycles. The van der Waals surface area contributed by atoms with Gasteiger partial charge in [-0.15, -0.1) is 5.10 Å². The van der Waals surface area contributed by atoms with Crippen molar-refractivity contribution in [3.63, 3.8) is 0 Å². The van der Waals surface area contributed by atoms with Gasteiger partial charge in [-0.25, -0.2) is 9.71 Å². The van der Waals surface area contributed by atoms with E-state index in [1.165, 1.54) is 19.4 Å². The molecular formula is C7H14N6O2S.